The van der Waals surface area contributed by atoms with Crippen molar-refractivity contribution in [2.75, 3.05) is 33.4 Å². The van der Waals surface area contributed by atoms with Gasteiger partial charge in [-0.05, 0) is 26.2 Å². The van der Waals surface area contributed by atoms with Crippen LogP contribution in [0.3, 0.4) is 0 Å². The quantitative estimate of drug-likeness (QED) is 0.762. The number of nitrogens with zero attached hydrogens (tertiary/aromatic N) is 2. The Hall–Kier alpha value is -1.47. The monoisotopic (exact) mass is 339 g/mol. The predicted molar refractivity (Wildman–Crippen MR) is 89.4 cm³/mol. The molecule has 0 radical (unpaired) electrons. The van der Waals surface area contributed by atoms with Gasteiger partial charge in [0, 0.05) is 44.2 Å². The van der Waals surface area contributed by atoms with Crippen LogP contribution in [-0.2, 0) is 20.7 Å². The van der Waals surface area contributed by atoms with E-state index in [4.69, 9.17) is 4.74 Å². The summed E-state index contributed by atoms with van der Waals surface area (Å²) in [4.78, 5) is 30.2. The van der Waals surface area contributed by atoms with Crippen LogP contribution in [0, 0.1) is 12.8 Å². The maximum absolute atomic E-state index is 12.2. The van der Waals surface area contributed by atoms with E-state index in [9.17, 15) is 9.59 Å². The highest BCUT2D eigenvalue weighted by Gasteiger charge is 2.27. The number of piperidine rings is 1. The van der Waals surface area contributed by atoms with Crippen LogP contribution in [0.5, 0.6) is 0 Å². The van der Waals surface area contributed by atoms with E-state index in [-0.39, 0.29) is 24.3 Å². The fourth-order valence-corrected chi connectivity index (χ4v) is 3.56. The first-order chi connectivity index (χ1) is 11.1. The van der Waals surface area contributed by atoms with Gasteiger partial charge in [0.1, 0.15) is 6.61 Å². The first-order valence-electron chi connectivity index (χ1n) is 8.05. The molecule has 1 N–H and O–H groups in total. The lowest BCUT2D eigenvalue weighted by Crippen LogP contribution is -2.46. The van der Waals surface area contributed by atoms with E-state index in [1.54, 1.807) is 16.2 Å². The van der Waals surface area contributed by atoms with E-state index >= 15 is 0 Å². The predicted octanol–water partition coefficient (Wildman–Crippen LogP) is 1.39. The molecule has 0 aliphatic carbocycles. The minimum absolute atomic E-state index is 0.0378. The number of aryl methyl sites for hydroxylation is 2. The second-order valence-electron chi connectivity index (χ2n) is 5.89. The SMILES string of the molecule is COCC(=O)N1CCC[C@H](C(=O)NCCCc2nc(C)cs2)C1. The Labute approximate surface area is 141 Å². The third-order valence-electron chi connectivity index (χ3n) is 3.95. The molecule has 0 bridgehead atoms. The van der Waals surface area contributed by atoms with Crippen LogP contribution in [0.2, 0.25) is 0 Å². The van der Waals surface area contributed by atoms with E-state index in [1.807, 2.05) is 12.3 Å². The van der Waals surface area contributed by atoms with Gasteiger partial charge in [-0.15, -0.1) is 11.3 Å². The first kappa shape index (κ1) is 17.9. The number of amides is 2. The maximum atomic E-state index is 12.2. The minimum Gasteiger partial charge on any atom is -0.375 e. The highest BCUT2D eigenvalue weighted by atomic mass is 32.1. The average Bonchev–Trinajstić information content (AvgIpc) is 2.97. The summed E-state index contributed by atoms with van der Waals surface area (Å²) in [5.74, 6) is -0.0916. The average molecular weight is 339 g/mol. The summed E-state index contributed by atoms with van der Waals surface area (Å²) in [6.45, 7) is 3.94. The number of rotatable bonds is 7. The Kier molecular flexibility index (Phi) is 6.98. The topological polar surface area (TPSA) is 71.5 Å². The number of methoxy groups -OCH3 is 1. The molecular formula is C16H25N3O3S. The summed E-state index contributed by atoms with van der Waals surface area (Å²) < 4.78 is 4.88. The third kappa shape index (κ3) is 5.58. The van der Waals surface area contributed by atoms with Gasteiger partial charge in [-0.25, -0.2) is 4.98 Å². The van der Waals surface area contributed by atoms with E-state index in [0.717, 1.165) is 42.9 Å². The molecule has 0 saturated carbocycles. The van der Waals surface area contributed by atoms with Crippen LogP contribution in [0.1, 0.15) is 30.0 Å². The second-order valence-corrected chi connectivity index (χ2v) is 6.83. The van der Waals surface area contributed by atoms with Crippen LogP contribution >= 0.6 is 11.3 Å². The smallest absolute Gasteiger partial charge is 0.248 e. The second kappa shape index (κ2) is 8.98. The number of likely N-dealkylation sites (tertiary alicyclic amines) is 1. The molecule has 1 fully saturated rings. The van der Waals surface area contributed by atoms with Gasteiger partial charge in [0.05, 0.1) is 10.9 Å². The zero-order chi connectivity index (χ0) is 16.7. The molecule has 1 saturated heterocycles. The summed E-state index contributed by atoms with van der Waals surface area (Å²) in [5.41, 5.74) is 1.05. The Morgan fingerprint density at radius 3 is 3.04 bits per heavy atom. The number of nitrogens with one attached hydrogen (secondary N) is 1. The van der Waals surface area contributed by atoms with Gasteiger partial charge in [0.25, 0.3) is 0 Å². The van der Waals surface area contributed by atoms with Gasteiger partial charge >= 0.3 is 0 Å². The van der Waals surface area contributed by atoms with Crippen molar-refractivity contribution in [3.05, 3.63) is 16.1 Å². The van der Waals surface area contributed by atoms with Crippen LogP contribution in [0.15, 0.2) is 5.38 Å². The third-order valence-corrected chi connectivity index (χ3v) is 4.97. The Balaban J connectivity index is 1.69. The summed E-state index contributed by atoms with van der Waals surface area (Å²) in [6, 6.07) is 0. The normalized spacial score (nSPS) is 18.0. The van der Waals surface area contributed by atoms with Gasteiger partial charge in [0.15, 0.2) is 0 Å². The standard InChI is InChI=1S/C16H25N3O3S/c1-12-11-23-14(18-12)6-3-7-17-16(21)13-5-4-8-19(9-13)15(20)10-22-2/h11,13H,3-10H2,1-2H3,(H,17,21)/t13-/m0/s1. The number of ether oxygens (including phenoxy) is 1. The minimum atomic E-state index is -0.105. The summed E-state index contributed by atoms with van der Waals surface area (Å²) in [7, 11) is 1.51. The summed E-state index contributed by atoms with van der Waals surface area (Å²) in [5, 5.41) is 6.15. The molecule has 1 aliphatic heterocycles. The summed E-state index contributed by atoms with van der Waals surface area (Å²) >= 11 is 1.66. The molecule has 0 spiro atoms. The molecule has 1 atom stereocenters. The van der Waals surface area contributed by atoms with E-state index in [0.29, 0.717) is 13.1 Å². The van der Waals surface area contributed by atoms with Crippen molar-refractivity contribution in [1.82, 2.24) is 15.2 Å². The van der Waals surface area contributed by atoms with Crippen LogP contribution < -0.4 is 5.32 Å². The number of carbonyl (C=O) groups excluding carboxylic acids is 2. The van der Waals surface area contributed by atoms with Crippen molar-refractivity contribution in [3.8, 4) is 0 Å². The maximum Gasteiger partial charge on any atom is 0.248 e. The number of hydrogen-bond donors (Lipinski definition) is 1. The molecule has 2 heterocycles. The molecule has 1 aliphatic rings. The lowest BCUT2D eigenvalue weighted by Gasteiger charge is -2.31. The lowest BCUT2D eigenvalue weighted by molar-refractivity contribution is -0.138. The fourth-order valence-electron chi connectivity index (χ4n) is 2.75. The zero-order valence-corrected chi connectivity index (χ0v) is 14.7. The van der Waals surface area contributed by atoms with Crippen molar-refractivity contribution in [3.63, 3.8) is 0 Å². The number of thiazole rings is 1. The molecule has 0 unspecified atom stereocenters. The highest BCUT2D eigenvalue weighted by Crippen LogP contribution is 2.17. The van der Waals surface area contributed by atoms with E-state index in [1.165, 1.54) is 7.11 Å². The Morgan fingerprint density at radius 2 is 2.35 bits per heavy atom. The molecule has 1 aromatic rings. The Bertz CT molecular complexity index is 532. The molecule has 6 nitrogen and oxygen atoms in total. The van der Waals surface area contributed by atoms with Crippen molar-refractivity contribution in [2.45, 2.75) is 32.6 Å². The van der Waals surface area contributed by atoms with Gasteiger partial charge in [-0.1, -0.05) is 0 Å². The Morgan fingerprint density at radius 1 is 1.52 bits per heavy atom. The van der Waals surface area contributed by atoms with Crippen molar-refractivity contribution in [2.24, 2.45) is 5.92 Å². The number of aromatic nitrogens is 1. The molecule has 128 valence electrons. The van der Waals surface area contributed by atoms with Crippen molar-refractivity contribution in [1.29, 1.82) is 0 Å². The summed E-state index contributed by atoms with van der Waals surface area (Å²) in [6.07, 6.45) is 3.49. The lowest BCUT2D eigenvalue weighted by atomic mass is 9.97. The van der Waals surface area contributed by atoms with Gasteiger partial charge in [-0.2, -0.15) is 0 Å². The van der Waals surface area contributed by atoms with Gasteiger partial charge < -0.3 is 15.0 Å². The van der Waals surface area contributed by atoms with Crippen LogP contribution in [0.25, 0.3) is 0 Å². The molecule has 2 amide bonds. The number of carbonyl (C=O) groups is 2. The highest BCUT2D eigenvalue weighted by molar-refractivity contribution is 7.09. The first-order valence-corrected chi connectivity index (χ1v) is 8.93. The molecular weight excluding hydrogens is 314 g/mol. The zero-order valence-electron chi connectivity index (χ0n) is 13.8. The fraction of sp³-hybridized carbons (Fsp3) is 0.688. The molecule has 7 heteroatoms. The number of hydrogen-bond acceptors (Lipinski definition) is 5. The molecule has 2 rings (SSSR count). The van der Waals surface area contributed by atoms with E-state index in [2.05, 4.69) is 10.3 Å². The van der Waals surface area contributed by atoms with Crippen LogP contribution in [0.4, 0.5) is 0 Å². The van der Waals surface area contributed by atoms with Gasteiger partial charge in [0.2, 0.25) is 11.8 Å². The van der Waals surface area contributed by atoms with Crippen LogP contribution in [-0.4, -0.2) is 55.0 Å². The van der Waals surface area contributed by atoms with Gasteiger partial charge in [-0.3, -0.25) is 9.59 Å². The van der Waals surface area contributed by atoms with E-state index < -0.39 is 0 Å². The molecule has 23 heavy (non-hydrogen) atoms. The molecule has 1 aromatic heterocycles. The van der Waals surface area contributed by atoms with Crippen molar-refractivity contribution < 1.29 is 14.3 Å². The van der Waals surface area contributed by atoms with Crippen molar-refractivity contribution >= 4 is 23.2 Å². The largest absolute Gasteiger partial charge is 0.375 e. The molecule has 0 aromatic carbocycles.